The zero-order chi connectivity index (χ0) is 15.3. The number of benzene rings is 1. The third-order valence-corrected chi connectivity index (χ3v) is 2.46. The van der Waals surface area contributed by atoms with Gasteiger partial charge in [-0.25, -0.2) is 0 Å². The molecule has 0 bridgehead atoms. The van der Waals surface area contributed by atoms with Crippen molar-refractivity contribution in [3.63, 3.8) is 0 Å². The molecular formula is C13H11ClCrO5. The smallest absolute Gasteiger partial charge is 0 e. The summed E-state index contributed by atoms with van der Waals surface area (Å²) in [4.78, 5) is 0. The third-order valence-electron chi connectivity index (χ3n) is 2.21. The molecule has 1 aliphatic rings. The summed E-state index contributed by atoms with van der Waals surface area (Å²) in [6.07, 6.45) is 0. The molecule has 7 heteroatoms. The van der Waals surface area contributed by atoms with Crippen LogP contribution in [0.5, 0.6) is 0 Å². The first-order chi connectivity index (χ1) is 9.21. The Kier molecular flexibility index (Phi) is 17.7. The van der Waals surface area contributed by atoms with Gasteiger partial charge < -0.3 is 9.47 Å². The molecule has 20 heavy (non-hydrogen) atoms. The van der Waals surface area contributed by atoms with Gasteiger partial charge in [0.2, 0.25) is 0 Å². The second kappa shape index (κ2) is 14.6. The predicted octanol–water partition coefficient (Wildman–Crippen LogP) is 2.44. The molecule has 0 spiro atoms. The second-order valence-corrected chi connectivity index (χ2v) is 3.59. The van der Waals surface area contributed by atoms with Crippen LogP contribution in [0.2, 0.25) is 5.02 Å². The van der Waals surface area contributed by atoms with Crippen molar-refractivity contribution >= 4 is 11.6 Å². The van der Waals surface area contributed by atoms with E-state index in [2.05, 4.69) is 20.0 Å². The fourth-order valence-corrected chi connectivity index (χ4v) is 1.56. The van der Waals surface area contributed by atoms with Crippen molar-refractivity contribution in [2.75, 3.05) is 13.2 Å². The molecule has 2 rings (SSSR count). The summed E-state index contributed by atoms with van der Waals surface area (Å²) in [5, 5.41) is 0.727. The topological polar surface area (TPSA) is 78.2 Å². The summed E-state index contributed by atoms with van der Waals surface area (Å²) in [5.41, 5.74) is 1.01. The van der Waals surface area contributed by atoms with Crippen LogP contribution in [-0.2, 0) is 46.6 Å². The molecule has 0 saturated carbocycles. The van der Waals surface area contributed by atoms with Crippen molar-refractivity contribution in [3.8, 4) is 0 Å². The van der Waals surface area contributed by atoms with Crippen molar-refractivity contribution < 1.29 is 40.8 Å². The molecule has 1 fully saturated rings. The molecule has 0 atom stereocenters. The minimum absolute atomic E-state index is 0. The molecular weight excluding hydrogens is 324 g/mol. The Morgan fingerprint density at radius 2 is 1.30 bits per heavy atom. The zero-order valence-electron chi connectivity index (χ0n) is 10.6. The Labute approximate surface area is 133 Å². The predicted molar refractivity (Wildman–Crippen MR) is 62.5 cm³/mol. The van der Waals surface area contributed by atoms with Gasteiger partial charge in [0, 0.05) is 27.9 Å². The monoisotopic (exact) mass is 334 g/mol. The van der Waals surface area contributed by atoms with Crippen LogP contribution in [0.1, 0.15) is 12.5 Å². The van der Waals surface area contributed by atoms with Crippen molar-refractivity contribution in [2.24, 2.45) is 0 Å². The van der Waals surface area contributed by atoms with E-state index in [1.165, 1.54) is 0 Å². The van der Waals surface area contributed by atoms with Crippen molar-refractivity contribution in [3.05, 3.63) is 54.8 Å². The van der Waals surface area contributed by atoms with Crippen LogP contribution in [-0.4, -0.2) is 13.2 Å². The van der Waals surface area contributed by atoms with Gasteiger partial charge in [-0.1, -0.05) is 23.7 Å². The van der Waals surface area contributed by atoms with Crippen LogP contribution >= 0.6 is 11.6 Å². The van der Waals surface area contributed by atoms with Gasteiger partial charge in [0.15, 0.2) is 5.79 Å². The van der Waals surface area contributed by atoms with Crippen LogP contribution in [0, 0.1) is 20.0 Å². The average molecular weight is 335 g/mol. The van der Waals surface area contributed by atoms with Crippen LogP contribution in [0.25, 0.3) is 0 Å². The number of hydrogen-bond donors (Lipinski definition) is 0. The number of halogens is 1. The fraction of sp³-hybridized carbons (Fsp3) is 0.308. The van der Waals surface area contributed by atoms with Crippen molar-refractivity contribution in [2.45, 2.75) is 12.7 Å². The summed E-state index contributed by atoms with van der Waals surface area (Å²) in [6.45, 7) is 16.7. The van der Waals surface area contributed by atoms with E-state index in [0.717, 1.165) is 10.6 Å². The maximum atomic E-state index is 7.50. The number of hydrogen-bond acceptors (Lipinski definition) is 2. The largest absolute Gasteiger partial charge is 0 e. The quantitative estimate of drug-likeness (QED) is 0.584. The Morgan fingerprint density at radius 1 is 0.950 bits per heavy atom. The summed E-state index contributed by atoms with van der Waals surface area (Å²) in [7, 11) is 0. The molecule has 1 aromatic rings. The van der Waals surface area contributed by atoms with Crippen LogP contribution < -0.4 is 0 Å². The van der Waals surface area contributed by atoms with Crippen LogP contribution in [0.4, 0.5) is 0 Å². The van der Waals surface area contributed by atoms with Gasteiger partial charge in [0.25, 0.3) is 0 Å². The molecule has 1 heterocycles. The van der Waals surface area contributed by atoms with E-state index >= 15 is 0 Å². The second-order valence-electron chi connectivity index (χ2n) is 3.15. The molecule has 0 radical (unpaired) electrons. The Balaban J connectivity index is -0.000000368. The van der Waals surface area contributed by atoms with E-state index in [9.17, 15) is 0 Å². The maximum absolute atomic E-state index is 7.50. The van der Waals surface area contributed by atoms with E-state index in [0.29, 0.717) is 13.2 Å². The van der Waals surface area contributed by atoms with Gasteiger partial charge in [-0.15, -0.1) is 0 Å². The Morgan fingerprint density at radius 3 is 1.65 bits per heavy atom. The first kappa shape index (κ1) is 24.2. The first-order valence-electron chi connectivity index (χ1n) is 4.86. The van der Waals surface area contributed by atoms with E-state index < -0.39 is 5.79 Å². The van der Waals surface area contributed by atoms with Crippen LogP contribution in [0.3, 0.4) is 0 Å². The van der Waals surface area contributed by atoms with E-state index in [-0.39, 0.29) is 17.4 Å². The minimum atomic E-state index is -0.579. The summed E-state index contributed by atoms with van der Waals surface area (Å²) in [5.74, 6) is -0.579. The molecule has 0 amide bonds. The van der Waals surface area contributed by atoms with Crippen LogP contribution in [0.15, 0.2) is 24.3 Å². The van der Waals surface area contributed by atoms with E-state index in [1.807, 2.05) is 31.2 Å². The molecule has 1 aromatic carbocycles. The molecule has 106 valence electrons. The number of ether oxygens (including phenoxy) is 2. The van der Waals surface area contributed by atoms with Gasteiger partial charge in [-0.2, -0.15) is 0 Å². The van der Waals surface area contributed by atoms with Gasteiger partial charge >= 0.3 is 33.9 Å². The molecule has 5 nitrogen and oxygen atoms in total. The van der Waals surface area contributed by atoms with Gasteiger partial charge in [0.1, 0.15) is 0 Å². The average Bonchev–Trinajstić information content (AvgIpc) is 2.94. The molecule has 0 aliphatic carbocycles. The van der Waals surface area contributed by atoms with E-state index in [4.69, 9.17) is 35.0 Å². The fourth-order valence-electron chi connectivity index (χ4n) is 1.43. The summed E-state index contributed by atoms with van der Waals surface area (Å²) < 4.78 is 33.5. The summed E-state index contributed by atoms with van der Waals surface area (Å²) in [6, 6.07) is 7.53. The van der Waals surface area contributed by atoms with E-state index in [1.54, 1.807) is 0 Å². The minimum Gasteiger partial charge on any atom is 0 e. The summed E-state index contributed by atoms with van der Waals surface area (Å²) >= 11 is 5.78. The maximum Gasteiger partial charge on any atom is 0 e. The Bertz CT molecular complexity index is 393. The zero-order valence-corrected chi connectivity index (χ0v) is 12.6. The Hall–Kier alpha value is -0.818. The molecule has 0 aromatic heterocycles. The standard InChI is InChI=1S/C10H11ClO2.3CO.Cr/c1-10(12-6-7-13-10)8-2-4-9(11)5-3-8;3*1-2;/h2-5H,6-7H2,1H3;;;;. The molecule has 0 unspecified atom stereocenters. The van der Waals surface area contributed by atoms with Gasteiger partial charge in [0.05, 0.1) is 13.2 Å². The van der Waals surface area contributed by atoms with Gasteiger partial charge in [-0.05, 0) is 19.1 Å². The normalized spacial score (nSPS) is 13.6. The molecule has 0 N–H and O–H groups in total. The van der Waals surface area contributed by atoms with Gasteiger partial charge in [-0.3, -0.25) is 0 Å². The number of rotatable bonds is 1. The molecule has 1 aliphatic heterocycles. The first-order valence-corrected chi connectivity index (χ1v) is 5.24. The molecule has 1 saturated heterocycles. The SMILES string of the molecule is CC1(c2ccc(Cl)cc2)OCCO1.[C-]#[O+].[C-]#[O+].[C-]#[O+].[Cr]. The van der Waals surface area contributed by atoms with Crippen molar-refractivity contribution in [1.82, 2.24) is 0 Å². The third kappa shape index (κ3) is 7.69. The van der Waals surface area contributed by atoms with Crippen molar-refractivity contribution in [1.29, 1.82) is 0 Å².